The molecule has 0 aromatic carbocycles. The fourth-order valence-electron chi connectivity index (χ4n) is 0.948. The maximum absolute atomic E-state index is 8.38. The second-order valence-corrected chi connectivity index (χ2v) is 2.14. The standard InChI is InChI=1S/C7H12O2/c8-5-6-9-7-3-1-2-4-7/h1,3,7-8H,2,4-6H2. The molecule has 0 spiro atoms. The molecule has 2 heteroatoms. The molecule has 0 saturated carbocycles. The minimum Gasteiger partial charge on any atom is -0.394 e. The Morgan fingerprint density at radius 1 is 1.67 bits per heavy atom. The highest BCUT2D eigenvalue weighted by Gasteiger charge is 2.07. The normalized spacial score (nSPS) is 25.2. The van der Waals surface area contributed by atoms with E-state index in [1.54, 1.807) is 0 Å². The first kappa shape index (κ1) is 6.78. The summed E-state index contributed by atoms with van der Waals surface area (Å²) in [6.07, 6.45) is 6.64. The van der Waals surface area contributed by atoms with Crippen LogP contribution in [0.2, 0.25) is 0 Å². The zero-order chi connectivity index (χ0) is 6.53. The van der Waals surface area contributed by atoms with Gasteiger partial charge in [0.05, 0.1) is 19.3 Å². The topological polar surface area (TPSA) is 29.5 Å². The summed E-state index contributed by atoms with van der Waals surface area (Å²) in [5.74, 6) is 0. The summed E-state index contributed by atoms with van der Waals surface area (Å²) in [4.78, 5) is 0. The van der Waals surface area contributed by atoms with Crippen molar-refractivity contribution in [2.45, 2.75) is 18.9 Å². The minimum absolute atomic E-state index is 0.129. The Kier molecular flexibility index (Phi) is 2.74. The van der Waals surface area contributed by atoms with Gasteiger partial charge >= 0.3 is 0 Å². The van der Waals surface area contributed by atoms with E-state index < -0.39 is 0 Å². The van der Waals surface area contributed by atoms with E-state index in [1.165, 1.54) is 0 Å². The molecule has 0 aromatic heterocycles. The van der Waals surface area contributed by atoms with Crippen molar-refractivity contribution in [3.05, 3.63) is 12.2 Å². The molecule has 0 aliphatic heterocycles. The van der Waals surface area contributed by atoms with Crippen molar-refractivity contribution in [1.29, 1.82) is 0 Å². The minimum atomic E-state index is 0.129. The number of aliphatic hydroxyl groups is 1. The molecule has 1 N–H and O–H groups in total. The van der Waals surface area contributed by atoms with E-state index in [4.69, 9.17) is 9.84 Å². The van der Waals surface area contributed by atoms with Crippen LogP contribution >= 0.6 is 0 Å². The van der Waals surface area contributed by atoms with Gasteiger partial charge in [-0.05, 0) is 12.8 Å². The van der Waals surface area contributed by atoms with E-state index in [1.807, 2.05) is 0 Å². The van der Waals surface area contributed by atoms with Gasteiger partial charge in [-0.3, -0.25) is 0 Å². The quantitative estimate of drug-likeness (QED) is 0.567. The summed E-state index contributed by atoms with van der Waals surface area (Å²) < 4.78 is 5.22. The SMILES string of the molecule is OCCOC1C=CCC1. The second-order valence-electron chi connectivity index (χ2n) is 2.14. The Bertz CT molecular complexity index is 99.1. The van der Waals surface area contributed by atoms with Crippen LogP contribution in [0.3, 0.4) is 0 Å². The van der Waals surface area contributed by atoms with Crippen molar-refractivity contribution in [2.24, 2.45) is 0 Å². The van der Waals surface area contributed by atoms with Crippen molar-refractivity contribution in [1.82, 2.24) is 0 Å². The third-order valence-electron chi connectivity index (χ3n) is 1.39. The van der Waals surface area contributed by atoms with Crippen LogP contribution in [0.25, 0.3) is 0 Å². The van der Waals surface area contributed by atoms with Crippen molar-refractivity contribution < 1.29 is 9.84 Å². The monoisotopic (exact) mass is 128 g/mol. The molecule has 0 saturated heterocycles. The van der Waals surface area contributed by atoms with Gasteiger partial charge in [-0.2, -0.15) is 0 Å². The van der Waals surface area contributed by atoms with Gasteiger partial charge in [-0.25, -0.2) is 0 Å². The number of rotatable bonds is 3. The largest absolute Gasteiger partial charge is 0.394 e. The molecule has 0 amide bonds. The molecule has 1 unspecified atom stereocenters. The molecule has 1 aliphatic carbocycles. The highest BCUT2D eigenvalue weighted by atomic mass is 16.5. The number of ether oxygens (including phenoxy) is 1. The molecule has 0 bridgehead atoms. The highest BCUT2D eigenvalue weighted by molar-refractivity contribution is 4.97. The molecule has 9 heavy (non-hydrogen) atoms. The first-order valence-electron chi connectivity index (χ1n) is 3.32. The Morgan fingerprint density at radius 2 is 2.56 bits per heavy atom. The van der Waals surface area contributed by atoms with Crippen LogP contribution in [0, 0.1) is 0 Å². The zero-order valence-electron chi connectivity index (χ0n) is 5.42. The van der Waals surface area contributed by atoms with Gasteiger partial charge in [0.2, 0.25) is 0 Å². The molecular weight excluding hydrogens is 116 g/mol. The van der Waals surface area contributed by atoms with E-state index in [-0.39, 0.29) is 12.7 Å². The molecule has 0 heterocycles. The predicted molar refractivity (Wildman–Crippen MR) is 35.2 cm³/mol. The molecule has 1 rings (SSSR count). The number of aliphatic hydroxyl groups excluding tert-OH is 1. The van der Waals surface area contributed by atoms with E-state index in [0.717, 1.165) is 12.8 Å². The van der Waals surface area contributed by atoms with Crippen LogP contribution in [-0.4, -0.2) is 24.4 Å². The lowest BCUT2D eigenvalue weighted by Crippen LogP contribution is -2.09. The van der Waals surface area contributed by atoms with Crippen molar-refractivity contribution >= 4 is 0 Å². The molecule has 1 aliphatic rings. The fraction of sp³-hybridized carbons (Fsp3) is 0.714. The van der Waals surface area contributed by atoms with Gasteiger partial charge in [0.1, 0.15) is 0 Å². The lowest BCUT2D eigenvalue weighted by atomic mass is 10.3. The van der Waals surface area contributed by atoms with Crippen molar-refractivity contribution in [3.8, 4) is 0 Å². The van der Waals surface area contributed by atoms with Crippen LogP contribution in [0.1, 0.15) is 12.8 Å². The van der Waals surface area contributed by atoms with Gasteiger partial charge in [0.25, 0.3) is 0 Å². The molecule has 0 aromatic rings. The average molecular weight is 128 g/mol. The Labute approximate surface area is 55.1 Å². The summed E-state index contributed by atoms with van der Waals surface area (Å²) in [5, 5.41) is 8.38. The number of allylic oxidation sites excluding steroid dienone is 1. The van der Waals surface area contributed by atoms with Crippen molar-refractivity contribution in [3.63, 3.8) is 0 Å². The van der Waals surface area contributed by atoms with Crippen LogP contribution in [0.5, 0.6) is 0 Å². The van der Waals surface area contributed by atoms with Gasteiger partial charge in [-0.1, -0.05) is 12.2 Å². The third-order valence-corrected chi connectivity index (χ3v) is 1.39. The molecule has 1 atom stereocenters. The maximum Gasteiger partial charge on any atom is 0.0759 e. The number of hydrogen-bond acceptors (Lipinski definition) is 2. The summed E-state index contributed by atoms with van der Waals surface area (Å²) >= 11 is 0. The smallest absolute Gasteiger partial charge is 0.0759 e. The number of hydrogen-bond donors (Lipinski definition) is 1. The maximum atomic E-state index is 8.38. The van der Waals surface area contributed by atoms with Crippen molar-refractivity contribution in [2.75, 3.05) is 13.2 Å². The van der Waals surface area contributed by atoms with E-state index in [9.17, 15) is 0 Å². The van der Waals surface area contributed by atoms with E-state index >= 15 is 0 Å². The van der Waals surface area contributed by atoms with Crippen LogP contribution in [0.4, 0.5) is 0 Å². The third kappa shape index (κ3) is 2.16. The molecule has 0 fully saturated rings. The van der Waals surface area contributed by atoms with Crippen LogP contribution in [0.15, 0.2) is 12.2 Å². The summed E-state index contributed by atoms with van der Waals surface area (Å²) in [5.41, 5.74) is 0. The van der Waals surface area contributed by atoms with Gasteiger partial charge in [0.15, 0.2) is 0 Å². The highest BCUT2D eigenvalue weighted by Crippen LogP contribution is 2.11. The zero-order valence-corrected chi connectivity index (χ0v) is 5.42. The van der Waals surface area contributed by atoms with Gasteiger partial charge in [-0.15, -0.1) is 0 Å². The predicted octanol–water partition coefficient (Wildman–Crippen LogP) is 0.714. The van der Waals surface area contributed by atoms with E-state index in [2.05, 4.69) is 12.2 Å². The second kappa shape index (κ2) is 3.64. The van der Waals surface area contributed by atoms with Gasteiger partial charge < -0.3 is 9.84 Å². The Morgan fingerprint density at radius 3 is 3.11 bits per heavy atom. The molecular formula is C7H12O2. The Hall–Kier alpha value is -0.340. The molecule has 52 valence electrons. The first-order chi connectivity index (χ1) is 4.43. The fourth-order valence-corrected chi connectivity index (χ4v) is 0.948. The Balaban J connectivity index is 2.05. The lowest BCUT2D eigenvalue weighted by Gasteiger charge is -2.06. The van der Waals surface area contributed by atoms with Crippen LogP contribution in [-0.2, 0) is 4.74 Å². The molecule has 2 nitrogen and oxygen atoms in total. The van der Waals surface area contributed by atoms with Crippen LogP contribution < -0.4 is 0 Å². The summed E-state index contributed by atoms with van der Waals surface area (Å²) in [6.45, 7) is 0.597. The summed E-state index contributed by atoms with van der Waals surface area (Å²) in [6, 6.07) is 0. The molecule has 0 radical (unpaired) electrons. The van der Waals surface area contributed by atoms with Gasteiger partial charge in [0, 0.05) is 0 Å². The lowest BCUT2D eigenvalue weighted by molar-refractivity contribution is 0.0548. The average Bonchev–Trinajstić information content (AvgIpc) is 2.34. The summed E-state index contributed by atoms with van der Waals surface area (Å²) in [7, 11) is 0. The van der Waals surface area contributed by atoms with E-state index in [0.29, 0.717) is 6.61 Å². The first-order valence-corrected chi connectivity index (χ1v) is 3.32.